The lowest BCUT2D eigenvalue weighted by molar-refractivity contribution is -0.144. The van der Waals surface area contributed by atoms with E-state index in [9.17, 15) is 18.0 Å². The van der Waals surface area contributed by atoms with Gasteiger partial charge in [-0.25, -0.2) is 13.2 Å². The summed E-state index contributed by atoms with van der Waals surface area (Å²) in [5.41, 5.74) is 0. The van der Waals surface area contributed by atoms with Gasteiger partial charge in [0.05, 0.1) is 36.7 Å². The normalized spacial score (nSPS) is 38.8. The summed E-state index contributed by atoms with van der Waals surface area (Å²) >= 11 is 0. The first-order valence-corrected chi connectivity index (χ1v) is 15.2. The number of hydrogen-bond donors (Lipinski definition) is 0. The number of piperazine rings is 1. The maximum absolute atomic E-state index is 13.2. The molecule has 8 nitrogen and oxygen atoms in total. The monoisotopic (exact) mass is 495 g/mol. The van der Waals surface area contributed by atoms with E-state index < -0.39 is 9.84 Å². The second kappa shape index (κ2) is 9.60. The lowest BCUT2D eigenvalue weighted by Gasteiger charge is -2.54. The molecule has 192 valence electrons. The standard InChI is InChI=1S/C25H41N3O5S/c1-17-16-27(24(29)19-3-4-19)23-15-20(7-10-22(23)28(17)25(30)33-2)18-5-8-21(9-6-18)26-11-13-34(31,32)14-12-26/h17-23H,3-16H2,1-2H3/t17-,18?,20?,21?,22?,23?/m0/s1. The molecule has 4 atom stereocenters. The van der Waals surface area contributed by atoms with E-state index in [1.165, 1.54) is 20.0 Å². The second-order valence-electron chi connectivity index (χ2n) is 11.5. The molecule has 0 aromatic carbocycles. The van der Waals surface area contributed by atoms with Crippen LogP contribution in [0.5, 0.6) is 0 Å². The summed E-state index contributed by atoms with van der Waals surface area (Å²) in [4.78, 5) is 32.3. The van der Waals surface area contributed by atoms with Crippen LogP contribution in [0, 0.1) is 17.8 Å². The molecule has 3 saturated carbocycles. The van der Waals surface area contributed by atoms with Crippen LogP contribution >= 0.6 is 0 Å². The van der Waals surface area contributed by atoms with Crippen molar-refractivity contribution in [3.8, 4) is 0 Å². The number of methoxy groups -OCH3 is 1. The summed E-state index contributed by atoms with van der Waals surface area (Å²) < 4.78 is 28.7. The highest BCUT2D eigenvalue weighted by atomic mass is 32.2. The number of rotatable bonds is 3. The molecule has 5 aliphatic rings. The molecule has 5 fully saturated rings. The molecule has 5 rings (SSSR count). The molecule has 34 heavy (non-hydrogen) atoms. The minimum Gasteiger partial charge on any atom is -0.453 e. The highest BCUT2D eigenvalue weighted by Crippen LogP contribution is 2.45. The summed E-state index contributed by atoms with van der Waals surface area (Å²) in [5, 5.41) is 0. The Morgan fingerprint density at radius 3 is 2.12 bits per heavy atom. The summed E-state index contributed by atoms with van der Waals surface area (Å²) in [6, 6.07) is 0.659. The highest BCUT2D eigenvalue weighted by molar-refractivity contribution is 7.91. The Balaban J connectivity index is 1.23. The Morgan fingerprint density at radius 1 is 0.853 bits per heavy atom. The molecule has 0 spiro atoms. The van der Waals surface area contributed by atoms with Crippen molar-refractivity contribution in [1.82, 2.24) is 14.7 Å². The maximum Gasteiger partial charge on any atom is 0.410 e. The molecule has 0 bridgehead atoms. The van der Waals surface area contributed by atoms with E-state index in [1.54, 1.807) is 0 Å². The summed E-state index contributed by atoms with van der Waals surface area (Å²) in [5.74, 6) is 2.36. The Kier molecular flexibility index (Phi) is 6.88. The number of hydrogen-bond acceptors (Lipinski definition) is 6. The van der Waals surface area contributed by atoms with E-state index >= 15 is 0 Å². The number of fused-ring (bicyclic) bond motifs is 1. The fourth-order valence-corrected chi connectivity index (χ4v) is 8.58. The predicted molar refractivity (Wildman–Crippen MR) is 129 cm³/mol. The predicted octanol–water partition coefficient (Wildman–Crippen LogP) is 2.52. The second-order valence-corrected chi connectivity index (χ2v) is 13.8. The van der Waals surface area contributed by atoms with Crippen molar-refractivity contribution in [2.75, 3.05) is 38.2 Å². The van der Waals surface area contributed by atoms with Gasteiger partial charge in [0.1, 0.15) is 0 Å². The number of amides is 2. The third-order valence-electron chi connectivity index (χ3n) is 9.41. The maximum atomic E-state index is 13.2. The van der Waals surface area contributed by atoms with E-state index in [0.717, 1.165) is 44.9 Å². The Hall–Kier alpha value is -1.35. The van der Waals surface area contributed by atoms with Gasteiger partial charge in [-0.05, 0) is 76.5 Å². The lowest BCUT2D eigenvalue weighted by Crippen LogP contribution is -2.67. The van der Waals surface area contributed by atoms with Gasteiger partial charge in [0, 0.05) is 31.6 Å². The molecule has 3 unspecified atom stereocenters. The van der Waals surface area contributed by atoms with E-state index in [4.69, 9.17) is 4.74 Å². The Bertz CT molecular complexity index is 869. The highest BCUT2D eigenvalue weighted by Gasteiger charge is 2.50. The molecule has 9 heteroatoms. The van der Waals surface area contributed by atoms with Crippen molar-refractivity contribution in [2.24, 2.45) is 17.8 Å². The zero-order chi connectivity index (χ0) is 24.0. The van der Waals surface area contributed by atoms with Crippen LogP contribution in [0.2, 0.25) is 0 Å². The summed E-state index contributed by atoms with van der Waals surface area (Å²) in [7, 11) is -1.38. The number of sulfone groups is 1. The van der Waals surface area contributed by atoms with Gasteiger partial charge in [-0.2, -0.15) is 0 Å². The smallest absolute Gasteiger partial charge is 0.410 e. The lowest BCUT2D eigenvalue weighted by atomic mass is 9.68. The third kappa shape index (κ3) is 4.84. The van der Waals surface area contributed by atoms with Gasteiger partial charge >= 0.3 is 6.09 Å². The van der Waals surface area contributed by atoms with Crippen molar-refractivity contribution >= 4 is 21.8 Å². The van der Waals surface area contributed by atoms with E-state index in [2.05, 4.69) is 9.80 Å². The van der Waals surface area contributed by atoms with Crippen LogP contribution in [0.1, 0.15) is 64.7 Å². The molecule has 0 radical (unpaired) electrons. The minimum atomic E-state index is -2.84. The van der Waals surface area contributed by atoms with Crippen molar-refractivity contribution in [1.29, 1.82) is 0 Å². The van der Waals surface area contributed by atoms with Crippen molar-refractivity contribution in [2.45, 2.75) is 88.9 Å². The van der Waals surface area contributed by atoms with Crippen LogP contribution < -0.4 is 0 Å². The molecule has 2 saturated heterocycles. The van der Waals surface area contributed by atoms with Crippen LogP contribution in [0.25, 0.3) is 0 Å². The third-order valence-corrected chi connectivity index (χ3v) is 11.0. The van der Waals surface area contributed by atoms with Gasteiger partial charge in [0.2, 0.25) is 5.91 Å². The summed E-state index contributed by atoms with van der Waals surface area (Å²) in [6.45, 7) is 4.03. The van der Waals surface area contributed by atoms with Gasteiger partial charge in [0.15, 0.2) is 9.84 Å². The quantitative estimate of drug-likeness (QED) is 0.598. The number of carbonyl (C=O) groups excluding carboxylic acids is 2. The van der Waals surface area contributed by atoms with Crippen LogP contribution in [-0.2, 0) is 19.4 Å². The number of ether oxygens (including phenoxy) is 1. The van der Waals surface area contributed by atoms with E-state index in [0.29, 0.717) is 54.9 Å². The molecule has 0 N–H and O–H groups in total. The van der Waals surface area contributed by atoms with Gasteiger partial charge in [-0.15, -0.1) is 0 Å². The minimum absolute atomic E-state index is 0.0169. The molecule has 2 aliphatic heterocycles. The first-order valence-electron chi connectivity index (χ1n) is 13.4. The van der Waals surface area contributed by atoms with Crippen molar-refractivity contribution < 1.29 is 22.7 Å². The zero-order valence-corrected chi connectivity index (χ0v) is 21.5. The molecule has 3 aliphatic carbocycles. The van der Waals surface area contributed by atoms with Crippen molar-refractivity contribution in [3.05, 3.63) is 0 Å². The fraction of sp³-hybridized carbons (Fsp3) is 0.920. The number of nitrogens with zero attached hydrogens (tertiary/aromatic N) is 3. The average Bonchev–Trinajstić information content (AvgIpc) is 3.68. The van der Waals surface area contributed by atoms with Crippen LogP contribution in [0.15, 0.2) is 0 Å². The fourth-order valence-electron chi connectivity index (χ4n) is 7.35. The average molecular weight is 496 g/mol. The van der Waals surface area contributed by atoms with Gasteiger partial charge in [-0.3, -0.25) is 14.6 Å². The Morgan fingerprint density at radius 2 is 1.50 bits per heavy atom. The molecule has 2 heterocycles. The van der Waals surface area contributed by atoms with Gasteiger partial charge in [-0.1, -0.05) is 0 Å². The van der Waals surface area contributed by atoms with E-state index in [1.807, 2.05) is 11.8 Å². The first-order chi connectivity index (χ1) is 16.3. The van der Waals surface area contributed by atoms with Crippen molar-refractivity contribution in [3.63, 3.8) is 0 Å². The zero-order valence-electron chi connectivity index (χ0n) is 20.7. The van der Waals surface area contributed by atoms with Gasteiger partial charge in [0.25, 0.3) is 0 Å². The topological polar surface area (TPSA) is 87.2 Å². The number of carbonyl (C=O) groups is 2. The molecule has 0 aromatic heterocycles. The first kappa shape index (κ1) is 24.3. The van der Waals surface area contributed by atoms with Gasteiger partial charge < -0.3 is 9.64 Å². The van der Waals surface area contributed by atoms with E-state index in [-0.39, 0.29) is 30.1 Å². The SMILES string of the molecule is COC(=O)N1C2CCC(C3CCC(N4CCS(=O)(=O)CC4)CC3)CC2N(C(=O)C2CC2)C[C@@H]1C. The van der Waals surface area contributed by atoms with Crippen LogP contribution in [-0.4, -0.2) is 97.5 Å². The Labute approximate surface area is 204 Å². The summed E-state index contributed by atoms with van der Waals surface area (Å²) in [6.07, 6.45) is 9.44. The molecule has 0 aromatic rings. The molecular weight excluding hydrogens is 454 g/mol. The largest absolute Gasteiger partial charge is 0.453 e. The van der Waals surface area contributed by atoms with Crippen LogP contribution in [0.4, 0.5) is 4.79 Å². The molecular formula is C25H41N3O5S. The molecule has 2 amide bonds. The van der Waals surface area contributed by atoms with Crippen LogP contribution in [0.3, 0.4) is 0 Å².